The van der Waals surface area contributed by atoms with Gasteiger partial charge in [0.05, 0.1) is 24.2 Å². The van der Waals surface area contributed by atoms with Crippen molar-refractivity contribution in [3.63, 3.8) is 0 Å². The molecule has 2 aliphatic heterocycles. The summed E-state index contributed by atoms with van der Waals surface area (Å²) in [6.07, 6.45) is -0.526. The standard InChI is InChI=1S/C19H30N4O3/c1-19(2,3)26-18(24)21-15-6-14(20)16(7-17(15)25-5)23-10-12-8-22(4)9-13(12)11-23/h6-7,12-13H,8-11,20H2,1-5H3,(H,21,24). The van der Waals surface area contributed by atoms with E-state index >= 15 is 0 Å². The lowest BCUT2D eigenvalue weighted by atomic mass is 10.0. The lowest BCUT2D eigenvalue weighted by Gasteiger charge is -2.25. The number of carbonyl (C=O) groups is 1. The topological polar surface area (TPSA) is 80.1 Å². The van der Waals surface area contributed by atoms with E-state index in [1.807, 2.05) is 26.8 Å². The Bertz CT molecular complexity index is 672. The number of hydrogen-bond acceptors (Lipinski definition) is 6. The number of ether oxygens (including phenoxy) is 2. The molecule has 2 heterocycles. The predicted molar refractivity (Wildman–Crippen MR) is 104 cm³/mol. The molecule has 2 atom stereocenters. The van der Waals surface area contributed by atoms with Crippen LogP contribution in [-0.4, -0.2) is 56.9 Å². The third-order valence-electron chi connectivity index (χ3n) is 4.99. The van der Waals surface area contributed by atoms with E-state index in [0.29, 0.717) is 29.0 Å². The Labute approximate surface area is 155 Å². The van der Waals surface area contributed by atoms with Crippen molar-refractivity contribution in [1.29, 1.82) is 0 Å². The van der Waals surface area contributed by atoms with E-state index in [4.69, 9.17) is 15.2 Å². The highest BCUT2D eigenvalue weighted by atomic mass is 16.6. The SMILES string of the molecule is COc1cc(N2CC3CN(C)CC3C2)c(N)cc1NC(=O)OC(C)(C)C. The summed E-state index contributed by atoms with van der Waals surface area (Å²) in [5.41, 5.74) is 7.85. The fraction of sp³-hybridized carbons (Fsp3) is 0.632. The van der Waals surface area contributed by atoms with Crippen LogP contribution in [-0.2, 0) is 4.74 Å². The van der Waals surface area contributed by atoms with Crippen molar-refractivity contribution in [2.24, 2.45) is 11.8 Å². The number of benzene rings is 1. The summed E-state index contributed by atoms with van der Waals surface area (Å²) in [4.78, 5) is 16.8. The van der Waals surface area contributed by atoms with Crippen molar-refractivity contribution in [2.75, 3.05) is 56.3 Å². The highest BCUT2D eigenvalue weighted by Gasteiger charge is 2.39. The smallest absolute Gasteiger partial charge is 0.412 e. The Morgan fingerprint density at radius 2 is 1.81 bits per heavy atom. The van der Waals surface area contributed by atoms with Crippen LogP contribution in [0.1, 0.15) is 20.8 Å². The summed E-state index contributed by atoms with van der Waals surface area (Å²) >= 11 is 0. The first-order valence-corrected chi connectivity index (χ1v) is 9.07. The summed E-state index contributed by atoms with van der Waals surface area (Å²) in [5.74, 6) is 1.95. The Morgan fingerprint density at radius 1 is 1.19 bits per heavy atom. The van der Waals surface area contributed by atoms with Crippen LogP contribution in [0.15, 0.2) is 12.1 Å². The van der Waals surface area contributed by atoms with Gasteiger partial charge in [-0.1, -0.05) is 0 Å². The van der Waals surface area contributed by atoms with Crippen molar-refractivity contribution in [3.05, 3.63) is 12.1 Å². The average Bonchev–Trinajstić information content (AvgIpc) is 3.02. The lowest BCUT2D eigenvalue weighted by molar-refractivity contribution is 0.0635. The summed E-state index contributed by atoms with van der Waals surface area (Å²) in [7, 11) is 3.76. The molecule has 2 saturated heterocycles. The highest BCUT2D eigenvalue weighted by Crippen LogP contribution is 2.40. The second-order valence-electron chi connectivity index (χ2n) is 8.38. The number of anilines is 3. The number of rotatable bonds is 3. The van der Waals surface area contributed by atoms with Gasteiger partial charge < -0.3 is 25.0 Å². The molecule has 0 radical (unpaired) electrons. The third-order valence-corrected chi connectivity index (χ3v) is 4.99. The Balaban J connectivity index is 1.77. The molecule has 0 saturated carbocycles. The van der Waals surface area contributed by atoms with Gasteiger partial charge in [0.15, 0.2) is 0 Å². The molecule has 3 rings (SSSR count). The van der Waals surface area contributed by atoms with Gasteiger partial charge in [0, 0.05) is 32.2 Å². The Morgan fingerprint density at radius 3 is 2.35 bits per heavy atom. The molecular formula is C19H30N4O3. The van der Waals surface area contributed by atoms with Crippen molar-refractivity contribution >= 4 is 23.2 Å². The van der Waals surface area contributed by atoms with E-state index in [1.165, 1.54) is 0 Å². The number of amides is 1. The fourth-order valence-electron chi connectivity index (χ4n) is 3.96. The molecule has 1 aromatic rings. The molecule has 144 valence electrons. The van der Waals surface area contributed by atoms with E-state index in [-0.39, 0.29) is 0 Å². The van der Waals surface area contributed by atoms with Crippen LogP contribution in [0, 0.1) is 11.8 Å². The monoisotopic (exact) mass is 362 g/mol. The Hall–Kier alpha value is -2.15. The molecule has 2 fully saturated rings. The molecule has 0 bridgehead atoms. The van der Waals surface area contributed by atoms with Crippen LogP contribution in [0.5, 0.6) is 5.75 Å². The number of fused-ring (bicyclic) bond motifs is 1. The molecule has 2 unspecified atom stereocenters. The molecule has 3 N–H and O–H groups in total. The number of nitrogens with two attached hydrogens (primary N) is 1. The van der Waals surface area contributed by atoms with E-state index in [2.05, 4.69) is 22.2 Å². The minimum atomic E-state index is -0.566. The van der Waals surface area contributed by atoms with Crippen molar-refractivity contribution in [1.82, 2.24) is 4.90 Å². The number of nitrogen functional groups attached to an aromatic ring is 1. The van der Waals surface area contributed by atoms with Crippen LogP contribution >= 0.6 is 0 Å². The summed E-state index contributed by atoms with van der Waals surface area (Å²) in [6.45, 7) is 9.74. The number of carbonyl (C=O) groups excluding carboxylic acids is 1. The maximum absolute atomic E-state index is 12.1. The van der Waals surface area contributed by atoms with Gasteiger partial charge in [-0.05, 0) is 45.7 Å². The quantitative estimate of drug-likeness (QED) is 0.805. The number of likely N-dealkylation sites (tertiary alicyclic amines) is 1. The zero-order chi connectivity index (χ0) is 19.1. The zero-order valence-corrected chi connectivity index (χ0v) is 16.3. The number of nitrogens with one attached hydrogen (secondary N) is 1. The first-order valence-electron chi connectivity index (χ1n) is 9.07. The van der Waals surface area contributed by atoms with Gasteiger partial charge >= 0.3 is 6.09 Å². The highest BCUT2D eigenvalue weighted by molar-refractivity contribution is 5.90. The van der Waals surface area contributed by atoms with Gasteiger partial charge in [-0.25, -0.2) is 4.79 Å². The van der Waals surface area contributed by atoms with E-state index in [9.17, 15) is 4.79 Å². The van der Waals surface area contributed by atoms with Gasteiger partial charge in [0.1, 0.15) is 11.4 Å². The maximum atomic E-state index is 12.1. The molecule has 26 heavy (non-hydrogen) atoms. The Kier molecular flexibility index (Phi) is 4.92. The van der Waals surface area contributed by atoms with Crippen LogP contribution in [0.2, 0.25) is 0 Å². The van der Waals surface area contributed by atoms with Gasteiger partial charge in [-0.15, -0.1) is 0 Å². The van der Waals surface area contributed by atoms with Gasteiger partial charge in [0.25, 0.3) is 0 Å². The van der Waals surface area contributed by atoms with Crippen LogP contribution in [0.4, 0.5) is 21.9 Å². The van der Waals surface area contributed by atoms with Crippen molar-refractivity contribution < 1.29 is 14.3 Å². The summed E-state index contributed by atoms with van der Waals surface area (Å²) in [5, 5.41) is 2.73. The third kappa shape index (κ3) is 3.98. The largest absolute Gasteiger partial charge is 0.494 e. The molecule has 0 aliphatic carbocycles. The second kappa shape index (κ2) is 6.87. The molecule has 0 spiro atoms. The number of hydrogen-bond donors (Lipinski definition) is 2. The van der Waals surface area contributed by atoms with E-state index in [1.54, 1.807) is 13.2 Å². The van der Waals surface area contributed by atoms with Crippen LogP contribution in [0.3, 0.4) is 0 Å². The summed E-state index contributed by atoms with van der Waals surface area (Å²) in [6, 6.07) is 3.66. The lowest BCUT2D eigenvalue weighted by Crippen LogP contribution is -2.28. The predicted octanol–water partition coefficient (Wildman–Crippen LogP) is 2.62. The van der Waals surface area contributed by atoms with Crippen molar-refractivity contribution in [2.45, 2.75) is 26.4 Å². The fourth-order valence-corrected chi connectivity index (χ4v) is 3.96. The molecular weight excluding hydrogens is 332 g/mol. The normalized spacial score (nSPS) is 23.0. The van der Waals surface area contributed by atoms with Crippen LogP contribution in [0.25, 0.3) is 0 Å². The van der Waals surface area contributed by atoms with E-state index in [0.717, 1.165) is 31.9 Å². The number of methoxy groups -OCH3 is 1. The van der Waals surface area contributed by atoms with Crippen LogP contribution < -0.4 is 20.7 Å². The van der Waals surface area contributed by atoms with Gasteiger partial charge in [-0.2, -0.15) is 0 Å². The molecule has 7 heteroatoms. The summed E-state index contributed by atoms with van der Waals surface area (Å²) < 4.78 is 10.8. The minimum absolute atomic E-state index is 0.516. The minimum Gasteiger partial charge on any atom is -0.494 e. The zero-order valence-electron chi connectivity index (χ0n) is 16.3. The van der Waals surface area contributed by atoms with Gasteiger partial charge in [0.2, 0.25) is 0 Å². The molecule has 7 nitrogen and oxygen atoms in total. The van der Waals surface area contributed by atoms with Gasteiger partial charge in [-0.3, -0.25) is 5.32 Å². The maximum Gasteiger partial charge on any atom is 0.412 e. The molecule has 1 aromatic carbocycles. The van der Waals surface area contributed by atoms with E-state index < -0.39 is 11.7 Å². The molecule has 2 aliphatic rings. The average molecular weight is 362 g/mol. The first kappa shape index (κ1) is 18.6. The molecule has 0 aromatic heterocycles. The first-order chi connectivity index (χ1) is 12.2. The second-order valence-corrected chi connectivity index (χ2v) is 8.38. The number of nitrogens with zero attached hydrogens (tertiary/aromatic N) is 2. The van der Waals surface area contributed by atoms with Crippen molar-refractivity contribution in [3.8, 4) is 5.75 Å². The molecule has 1 amide bonds.